The van der Waals surface area contributed by atoms with E-state index in [0.29, 0.717) is 6.42 Å². The van der Waals surface area contributed by atoms with E-state index in [9.17, 15) is 0 Å². The molecule has 0 saturated heterocycles. The van der Waals surface area contributed by atoms with Crippen molar-refractivity contribution >= 4 is 0 Å². The first kappa shape index (κ1) is 13.4. The fraction of sp³-hybridized carbons (Fsp3) is 0.375. The van der Waals surface area contributed by atoms with Gasteiger partial charge in [-0.3, -0.25) is 0 Å². The van der Waals surface area contributed by atoms with Gasteiger partial charge in [-0.15, -0.1) is 0 Å². The highest BCUT2D eigenvalue weighted by atomic mass is 15.1. The molecule has 2 rings (SSSR count). The van der Waals surface area contributed by atoms with E-state index in [4.69, 9.17) is 5.26 Å². The molecule has 0 amide bonds. The van der Waals surface area contributed by atoms with Crippen LogP contribution in [0.5, 0.6) is 0 Å². The SMILES string of the molecule is Cc1cc(C)c(-c2nc(C)c(CC#N)n2C)c(C)c1. The minimum absolute atomic E-state index is 0.402. The zero-order valence-corrected chi connectivity index (χ0v) is 12.2. The average molecular weight is 253 g/mol. The average Bonchev–Trinajstić information content (AvgIpc) is 2.56. The summed E-state index contributed by atoms with van der Waals surface area (Å²) in [6.07, 6.45) is 0.402. The quantitative estimate of drug-likeness (QED) is 0.823. The van der Waals surface area contributed by atoms with E-state index in [1.165, 1.54) is 22.3 Å². The van der Waals surface area contributed by atoms with Crippen molar-refractivity contribution in [2.75, 3.05) is 0 Å². The summed E-state index contributed by atoms with van der Waals surface area (Å²) in [6, 6.07) is 6.56. The molecular formula is C16H19N3. The Bertz CT molecular complexity index is 649. The van der Waals surface area contributed by atoms with E-state index in [2.05, 4.69) is 44.0 Å². The smallest absolute Gasteiger partial charge is 0.140 e. The molecule has 19 heavy (non-hydrogen) atoms. The van der Waals surface area contributed by atoms with E-state index in [0.717, 1.165) is 17.2 Å². The minimum atomic E-state index is 0.402. The third-order valence-corrected chi connectivity index (χ3v) is 3.56. The first-order valence-corrected chi connectivity index (χ1v) is 6.43. The lowest BCUT2D eigenvalue weighted by atomic mass is 9.99. The molecule has 1 aromatic carbocycles. The molecule has 0 aliphatic rings. The maximum absolute atomic E-state index is 8.90. The Morgan fingerprint density at radius 1 is 1.16 bits per heavy atom. The van der Waals surface area contributed by atoms with Crippen LogP contribution in [-0.4, -0.2) is 9.55 Å². The zero-order chi connectivity index (χ0) is 14.2. The third kappa shape index (κ3) is 2.26. The lowest BCUT2D eigenvalue weighted by molar-refractivity contribution is 0.858. The topological polar surface area (TPSA) is 41.6 Å². The van der Waals surface area contributed by atoms with E-state index in [1.807, 2.05) is 18.5 Å². The van der Waals surface area contributed by atoms with E-state index in [-0.39, 0.29) is 0 Å². The first-order chi connectivity index (χ1) is 8.95. The molecule has 0 unspecified atom stereocenters. The number of rotatable bonds is 2. The standard InChI is InChI=1S/C16H19N3/c1-10-8-11(2)15(12(3)9-10)16-18-13(4)14(6-7-17)19(16)5/h8-9H,6H2,1-5H3. The van der Waals surface area contributed by atoms with Gasteiger partial charge in [0.25, 0.3) is 0 Å². The summed E-state index contributed by atoms with van der Waals surface area (Å²) in [7, 11) is 1.99. The summed E-state index contributed by atoms with van der Waals surface area (Å²) < 4.78 is 2.04. The van der Waals surface area contributed by atoms with E-state index < -0.39 is 0 Å². The second kappa shape index (κ2) is 4.89. The second-order valence-corrected chi connectivity index (χ2v) is 5.14. The molecular weight excluding hydrogens is 234 g/mol. The molecule has 98 valence electrons. The monoisotopic (exact) mass is 253 g/mol. The van der Waals surface area contributed by atoms with Crippen molar-refractivity contribution in [2.45, 2.75) is 34.1 Å². The Morgan fingerprint density at radius 2 is 1.74 bits per heavy atom. The molecule has 3 nitrogen and oxygen atoms in total. The van der Waals surface area contributed by atoms with Crippen molar-refractivity contribution in [3.05, 3.63) is 40.2 Å². The van der Waals surface area contributed by atoms with Gasteiger partial charge in [0.15, 0.2) is 0 Å². The van der Waals surface area contributed by atoms with Crippen LogP contribution in [-0.2, 0) is 13.5 Å². The molecule has 2 aromatic rings. The number of aryl methyl sites for hydroxylation is 4. The Labute approximate surface area is 114 Å². The van der Waals surface area contributed by atoms with Crippen LogP contribution in [0.2, 0.25) is 0 Å². The molecule has 0 atom stereocenters. The van der Waals surface area contributed by atoms with Crippen LogP contribution in [0.1, 0.15) is 28.1 Å². The number of imidazole rings is 1. The number of hydrogen-bond acceptors (Lipinski definition) is 2. The van der Waals surface area contributed by atoms with Crippen molar-refractivity contribution in [1.29, 1.82) is 5.26 Å². The number of nitriles is 1. The maximum atomic E-state index is 8.90. The number of aromatic nitrogens is 2. The summed E-state index contributed by atoms with van der Waals surface area (Å²) in [5.41, 5.74) is 6.85. The first-order valence-electron chi connectivity index (χ1n) is 6.43. The van der Waals surface area contributed by atoms with Crippen LogP contribution in [0, 0.1) is 39.0 Å². The van der Waals surface area contributed by atoms with Crippen LogP contribution in [0.3, 0.4) is 0 Å². The van der Waals surface area contributed by atoms with Crippen LogP contribution >= 0.6 is 0 Å². The summed E-state index contributed by atoms with van der Waals surface area (Å²) in [5.74, 6) is 0.956. The van der Waals surface area contributed by atoms with Gasteiger partial charge in [0.1, 0.15) is 5.82 Å². The molecule has 0 aliphatic heterocycles. The van der Waals surface area contributed by atoms with Crippen molar-refractivity contribution < 1.29 is 0 Å². The van der Waals surface area contributed by atoms with Crippen LogP contribution in [0.4, 0.5) is 0 Å². The Hall–Kier alpha value is -2.08. The van der Waals surface area contributed by atoms with Gasteiger partial charge < -0.3 is 4.57 Å². The van der Waals surface area contributed by atoms with Crippen molar-refractivity contribution in [2.24, 2.45) is 7.05 Å². The minimum Gasteiger partial charge on any atom is -0.330 e. The Kier molecular flexibility index (Phi) is 3.44. The highest BCUT2D eigenvalue weighted by molar-refractivity contribution is 5.66. The number of nitrogens with zero attached hydrogens (tertiary/aromatic N) is 3. The molecule has 0 fully saturated rings. The second-order valence-electron chi connectivity index (χ2n) is 5.14. The predicted octanol–water partition coefficient (Wildman–Crippen LogP) is 3.39. The van der Waals surface area contributed by atoms with Gasteiger partial charge in [-0.25, -0.2) is 4.98 Å². The molecule has 0 radical (unpaired) electrons. The van der Waals surface area contributed by atoms with Crippen LogP contribution < -0.4 is 0 Å². The van der Waals surface area contributed by atoms with Gasteiger partial charge in [-0.05, 0) is 38.8 Å². The normalized spacial score (nSPS) is 10.5. The summed E-state index contributed by atoms with van der Waals surface area (Å²) in [4.78, 5) is 4.66. The third-order valence-electron chi connectivity index (χ3n) is 3.56. The van der Waals surface area contributed by atoms with E-state index >= 15 is 0 Å². The van der Waals surface area contributed by atoms with Crippen LogP contribution in [0.25, 0.3) is 11.4 Å². The summed E-state index contributed by atoms with van der Waals surface area (Å²) in [6.45, 7) is 8.30. The van der Waals surface area contributed by atoms with Crippen molar-refractivity contribution in [3.63, 3.8) is 0 Å². The molecule has 1 heterocycles. The van der Waals surface area contributed by atoms with Gasteiger partial charge in [-0.2, -0.15) is 5.26 Å². The molecule has 0 spiro atoms. The highest BCUT2D eigenvalue weighted by Crippen LogP contribution is 2.29. The summed E-state index contributed by atoms with van der Waals surface area (Å²) >= 11 is 0. The number of hydrogen-bond donors (Lipinski definition) is 0. The molecule has 0 N–H and O–H groups in total. The lowest BCUT2D eigenvalue weighted by Crippen LogP contribution is -2.01. The Balaban J connectivity index is 2.67. The maximum Gasteiger partial charge on any atom is 0.140 e. The lowest BCUT2D eigenvalue weighted by Gasteiger charge is -2.11. The Morgan fingerprint density at radius 3 is 2.26 bits per heavy atom. The molecule has 0 saturated carbocycles. The fourth-order valence-electron chi connectivity index (χ4n) is 2.75. The molecule has 0 bridgehead atoms. The number of benzene rings is 1. The molecule has 3 heteroatoms. The largest absolute Gasteiger partial charge is 0.330 e. The van der Waals surface area contributed by atoms with Crippen LogP contribution in [0.15, 0.2) is 12.1 Å². The van der Waals surface area contributed by atoms with Gasteiger partial charge in [-0.1, -0.05) is 17.7 Å². The van der Waals surface area contributed by atoms with Gasteiger partial charge in [0.05, 0.1) is 23.9 Å². The van der Waals surface area contributed by atoms with Crippen molar-refractivity contribution in [1.82, 2.24) is 9.55 Å². The zero-order valence-electron chi connectivity index (χ0n) is 12.2. The molecule has 0 aliphatic carbocycles. The highest BCUT2D eigenvalue weighted by Gasteiger charge is 2.16. The predicted molar refractivity (Wildman–Crippen MR) is 76.9 cm³/mol. The van der Waals surface area contributed by atoms with E-state index in [1.54, 1.807) is 0 Å². The van der Waals surface area contributed by atoms with Gasteiger partial charge in [0.2, 0.25) is 0 Å². The van der Waals surface area contributed by atoms with Gasteiger partial charge >= 0.3 is 0 Å². The molecule has 1 aromatic heterocycles. The van der Waals surface area contributed by atoms with Crippen molar-refractivity contribution in [3.8, 4) is 17.5 Å². The summed E-state index contributed by atoms with van der Waals surface area (Å²) in [5, 5.41) is 8.90. The fourth-order valence-corrected chi connectivity index (χ4v) is 2.75. The van der Waals surface area contributed by atoms with Gasteiger partial charge in [0, 0.05) is 12.6 Å².